The summed E-state index contributed by atoms with van der Waals surface area (Å²) in [5, 5.41) is 31.0. The lowest BCUT2D eigenvalue weighted by Gasteiger charge is -2.27. The fourth-order valence-electron chi connectivity index (χ4n) is 6.59. The number of benzene rings is 2. The van der Waals surface area contributed by atoms with Crippen LogP contribution in [-0.2, 0) is 24.8 Å². The first-order chi connectivity index (χ1) is 22.4. The minimum Gasteiger partial charge on any atom is -0.494 e. The van der Waals surface area contributed by atoms with E-state index in [-0.39, 0.29) is 11.7 Å². The zero-order valence-electron chi connectivity index (χ0n) is 26.8. The van der Waals surface area contributed by atoms with Crippen molar-refractivity contribution in [1.29, 1.82) is 0 Å². The van der Waals surface area contributed by atoms with Gasteiger partial charge in [0.1, 0.15) is 17.3 Å². The van der Waals surface area contributed by atoms with Gasteiger partial charge in [-0.05, 0) is 81.8 Å². The summed E-state index contributed by atoms with van der Waals surface area (Å²) >= 11 is 13.3. The summed E-state index contributed by atoms with van der Waals surface area (Å²) < 4.78 is 10.0. The maximum Gasteiger partial charge on any atom is 0.304 e. The number of amides is 2. The van der Waals surface area contributed by atoms with Gasteiger partial charge in [-0.2, -0.15) is 5.10 Å². The second-order valence-corrected chi connectivity index (χ2v) is 12.7. The molecule has 0 atom stereocenters. The molecular formula is C34H36Cl2N6O5. The maximum absolute atomic E-state index is 14.6. The molecular weight excluding hydrogens is 643 g/mol. The van der Waals surface area contributed by atoms with Crippen LogP contribution in [0.4, 0.5) is 0 Å². The second-order valence-electron chi connectivity index (χ2n) is 11.9. The van der Waals surface area contributed by atoms with E-state index in [1.54, 1.807) is 0 Å². The van der Waals surface area contributed by atoms with E-state index < -0.39 is 17.5 Å². The molecule has 4 aromatic rings. The Balaban J connectivity index is 1.45. The Kier molecular flexibility index (Phi) is 8.62. The highest BCUT2D eigenvalue weighted by molar-refractivity contribution is 6.35. The highest BCUT2D eigenvalue weighted by atomic mass is 35.5. The molecule has 0 saturated heterocycles. The number of carbonyl (C=O) groups excluding carboxylic acids is 2. The fourth-order valence-corrected chi connectivity index (χ4v) is 6.95. The van der Waals surface area contributed by atoms with Crippen LogP contribution in [0.15, 0.2) is 47.9 Å². The quantitative estimate of drug-likeness (QED) is 0.103. The van der Waals surface area contributed by atoms with Crippen LogP contribution in [0.5, 0.6) is 5.75 Å². The predicted octanol–water partition coefficient (Wildman–Crippen LogP) is 6.24. The van der Waals surface area contributed by atoms with Gasteiger partial charge in [0.15, 0.2) is 5.70 Å². The van der Waals surface area contributed by atoms with Crippen molar-refractivity contribution < 1.29 is 24.5 Å². The first kappa shape index (κ1) is 32.3. The number of ether oxygens (including phenoxy) is 1. The molecule has 0 fully saturated rings. The number of aliphatic hydroxyl groups is 2. The van der Waals surface area contributed by atoms with E-state index in [1.165, 1.54) is 11.1 Å². The van der Waals surface area contributed by atoms with Crippen LogP contribution in [0.25, 0.3) is 22.0 Å². The molecule has 2 amide bonds. The summed E-state index contributed by atoms with van der Waals surface area (Å²) in [5.41, 5.74) is 7.22. The number of hydrogen-bond donors (Lipinski definition) is 4. The van der Waals surface area contributed by atoms with Crippen molar-refractivity contribution in [1.82, 2.24) is 29.9 Å². The number of carbonyl (C=O) groups is 2. The molecule has 0 spiro atoms. The smallest absolute Gasteiger partial charge is 0.304 e. The average molecular weight is 680 g/mol. The maximum atomic E-state index is 14.6. The Hall–Kier alpha value is -4.61. The lowest BCUT2D eigenvalue weighted by molar-refractivity contribution is -0.118. The predicted molar refractivity (Wildman–Crippen MR) is 181 cm³/mol. The number of nitrogens with zero attached hydrogens (tertiary/aromatic N) is 4. The summed E-state index contributed by atoms with van der Waals surface area (Å²) in [7, 11) is 1.90. The van der Waals surface area contributed by atoms with Crippen molar-refractivity contribution in [3.05, 3.63) is 91.7 Å². The number of aliphatic hydroxyl groups excluding tert-OH is 1. The highest BCUT2D eigenvalue weighted by Gasteiger charge is 2.35. The number of aryl methyl sites for hydroxylation is 6. The van der Waals surface area contributed by atoms with Gasteiger partial charge >= 0.3 is 5.95 Å². The number of nitrogens with one attached hydrogen (secondary N) is 2. The van der Waals surface area contributed by atoms with Crippen LogP contribution in [0.1, 0.15) is 51.4 Å². The van der Waals surface area contributed by atoms with Crippen molar-refractivity contribution in [2.45, 2.75) is 53.5 Å². The summed E-state index contributed by atoms with van der Waals surface area (Å²) in [5.74, 6) is -1.25. The van der Waals surface area contributed by atoms with Gasteiger partial charge in [-0.1, -0.05) is 29.3 Å². The molecule has 6 rings (SSSR count). The van der Waals surface area contributed by atoms with Gasteiger partial charge in [-0.15, -0.1) is 0 Å². The van der Waals surface area contributed by atoms with Crippen LogP contribution in [0, 0.1) is 27.7 Å². The lowest BCUT2D eigenvalue weighted by atomic mass is 9.98. The van der Waals surface area contributed by atoms with Crippen LogP contribution in [0.2, 0.25) is 10.0 Å². The summed E-state index contributed by atoms with van der Waals surface area (Å²) in [6.07, 6.45) is 3.12. The van der Waals surface area contributed by atoms with E-state index in [4.69, 9.17) is 27.9 Å². The second kappa shape index (κ2) is 12.5. The molecule has 47 heavy (non-hydrogen) atoms. The van der Waals surface area contributed by atoms with E-state index in [0.717, 1.165) is 60.9 Å². The summed E-state index contributed by atoms with van der Waals surface area (Å²) in [6, 6.07) is 7.67. The Morgan fingerprint density at radius 3 is 2.40 bits per heavy atom. The molecule has 0 radical (unpaired) electrons. The zero-order chi connectivity index (χ0) is 33.7. The van der Waals surface area contributed by atoms with Crippen LogP contribution < -0.4 is 15.4 Å². The third-order valence-electron chi connectivity index (χ3n) is 8.83. The number of halogens is 2. The first-order valence-corrected chi connectivity index (χ1v) is 16.1. The van der Waals surface area contributed by atoms with Crippen LogP contribution in [-0.4, -0.2) is 54.4 Å². The SMILES string of the molecule is Cc1cc(OCCCc2c3n(c4c(-c5c(C)nn(C)c5C)c(Cl)ccc24)CCCN(C2=CNC(=C(O)O)C(=O)N2)C3=O)cc(C)c1Cl. The van der Waals surface area contributed by atoms with E-state index >= 15 is 0 Å². The Labute approximate surface area is 282 Å². The van der Waals surface area contributed by atoms with Crippen molar-refractivity contribution in [3.8, 4) is 16.9 Å². The Morgan fingerprint density at radius 2 is 1.77 bits per heavy atom. The first-order valence-electron chi connectivity index (χ1n) is 15.3. The third-order valence-corrected chi connectivity index (χ3v) is 9.75. The van der Waals surface area contributed by atoms with E-state index in [1.807, 2.05) is 63.7 Å². The molecule has 0 saturated carbocycles. The van der Waals surface area contributed by atoms with Gasteiger partial charge < -0.3 is 30.2 Å². The van der Waals surface area contributed by atoms with Crippen molar-refractivity contribution in [2.24, 2.45) is 7.05 Å². The molecule has 0 bridgehead atoms. The molecule has 2 aromatic carbocycles. The molecule has 2 aliphatic rings. The molecule has 2 aliphatic heterocycles. The minimum absolute atomic E-state index is 0.212. The number of fused-ring (bicyclic) bond motifs is 3. The zero-order valence-corrected chi connectivity index (χ0v) is 28.3. The average Bonchev–Trinajstić information content (AvgIpc) is 3.39. The van der Waals surface area contributed by atoms with Crippen LogP contribution >= 0.6 is 23.2 Å². The molecule has 13 heteroatoms. The number of aromatic nitrogens is 3. The summed E-state index contributed by atoms with van der Waals surface area (Å²) in [4.78, 5) is 28.7. The minimum atomic E-state index is -1.14. The van der Waals surface area contributed by atoms with Gasteiger partial charge in [0.2, 0.25) is 0 Å². The monoisotopic (exact) mass is 678 g/mol. The molecule has 0 aliphatic carbocycles. The standard InChI is InChI=1S/C34H36Cl2N6O5/c1-17-14-21(15-18(2)28(17)36)47-13-6-8-22-23-9-10-24(35)27(26-19(3)39-40(5)20(26)4)30(23)42-12-7-11-41(33(44)31(22)42)25-16-37-29(34(45)46)32(43)38-25/h9-10,14-16,37,45-46H,6-8,11-13H2,1-5H3,(H,38,43). The molecule has 246 valence electrons. The van der Waals surface area contributed by atoms with Crippen molar-refractivity contribution in [3.63, 3.8) is 0 Å². The summed E-state index contributed by atoms with van der Waals surface area (Å²) in [6.45, 7) is 9.10. The lowest BCUT2D eigenvalue weighted by Crippen LogP contribution is -2.45. The van der Waals surface area contributed by atoms with E-state index in [0.29, 0.717) is 49.7 Å². The number of hydrogen-bond acceptors (Lipinski definition) is 7. The van der Waals surface area contributed by atoms with E-state index in [9.17, 15) is 19.8 Å². The van der Waals surface area contributed by atoms with Gasteiger partial charge in [0, 0.05) is 53.6 Å². The molecule has 2 aromatic heterocycles. The van der Waals surface area contributed by atoms with Gasteiger partial charge in [0.05, 0.1) is 22.8 Å². The van der Waals surface area contributed by atoms with Crippen molar-refractivity contribution >= 4 is 45.9 Å². The Morgan fingerprint density at radius 1 is 1.04 bits per heavy atom. The van der Waals surface area contributed by atoms with Gasteiger partial charge in [-0.25, -0.2) is 0 Å². The Bertz CT molecular complexity index is 2000. The van der Waals surface area contributed by atoms with Crippen LogP contribution in [0.3, 0.4) is 0 Å². The van der Waals surface area contributed by atoms with E-state index in [2.05, 4.69) is 20.3 Å². The fraction of sp³-hybridized carbons (Fsp3) is 0.324. The molecule has 0 unspecified atom stereocenters. The molecule has 4 heterocycles. The van der Waals surface area contributed by atoms with Gasteiger partial charge in [0.25, 0.3) is 11.8 Å². The van der Waals surface area contributed by atoms with Crippen molar-refractivity contribution in [2.75, 3.05) is 13.2 Å². The molecule has 4 N–H and O–H groups in total. The topological polar surface area (TPSA) is 134 Å². The largest absolute Gasteiger partial charge is 0.494 e. The normalized spacial score (nSPS) is 14.9. The third kappa shape index (κ3) is 5.67. The number of rotatable bonds is 7. The molecule has 11 nitrogen and oxygen atoms in total. The van der Waals surface area contributed by atoms with Gasteiger partial charge in [-0.3, -0.25) is 19.2 Å². The highest BCUT2D eigenvalue weighted by Crippen LogP contribution is 2.43.